The number of methoxy groups -OCH3 is 1. The molecule has 0 radical (unpaired) electrons. The third-order valence-corrected chi connectivity index (χ3v) is 19.9. The SMILES string of the molecule is COc1cc(Nc2nc(NC(C)(C)C)ncc2C)ccc1F.Cc1cc(Nc2nc(NC(C)(C)C)ncc2C)ccc1Cl.Cc1ccc(Nc2nc(NC(C)(C)C)ncc2C)cc1.Cc1cccc(Nc2nc(NC(C)(C)C)ncc2C)c1.Cc1cnc(NC(C)(C)C)nc1Nc1ccc(Cl)c(F)c1.Cc1cnc(NC(C)(C)C)nc1Nc1cccc(Cl)c1.Cc1cnc(NC(C)(C)C)nc1Nc1ccccc1. The predicted octanol–water partition coefficient (Wildman–Crippen LogP) is 29.3. The highest BCUT2D eigenvalue weighted by Gasteiger charge is 2.22. The van der Waals surface area contributed by atoms with Crippen LogP contribution in [0.1, 0.15) is 201 Å². The van der Waals surface area contributed by atoms with E-state index in [0.29, 0.717) is 69.7 Å². The number of ether oxygens (including phenoxy) is 1. The molecule has 34 heteroatoms. The molecular formula is C109H143Cl3F2N28O. The van der Waals surface area contributed by atoms with Gasteiger partial charge in [0, 0.05) is 177 Å². The summed E-state index contributed by atoms with van der Waals surface area (Å²) >= 11 is 17.7. The van der Waals surface area contributed by atoms with E-state index < -0.39 is 11.6 Å². The van der Waals surface area contributed by atoms with Gasteiger partial charge in [-0.3, -0.25) is 0 Å². The summed E-state index contributed by atoms with van der Waals surface area (Å²) in [5.41, 5.74) is 15.9. The number of aromatic nitrogens is 14. The van der Waals surface area contributed by atoms with Crippen molar-refractivity contribution >= 4 is 157 Å². The zero-order chi connectivity index (χ0) is 106. The van der Waals surface area contributed by atoms with Crippen LogP contribution in [0, 0.1) is 80.9 Å². The standard InChI is InChI=1S/C16H21ClN4.C16H21FN4O.2C16H22N4.C15H18ClFN4.C15H19ClN4.C15H20N4/c1-10-8-12(6-7-13(10)17)19-14-11(2)9-18-15(20-14)21-16(3,4)5;1-10-9-18-15(21-16(2,3)4)20-14(10)19-11-6-7-12(17)13(8-11)22-5;1-11-6-8-13(9-7-11)18-14-12(2)10-17-15(19-14)20-16(3,4)5;1-11-7-6-8-13(9-11)18-14-12(2)10-17-15(19-14)20-16(3,4)5;1-9-8-18-14(21-15(2,3)4)20-13(9)19-10-5-6-11(16)12(17)7-10;1-10-9-17-14(20-15(2,3)4)19-13(10)18-12-7-5-6-11(16)8-12;1-11-10-16-14(19-15(2,3)4)18-13(11)17-12-8-6-5-7-9-12/h6-9H,1-5H3,(H2,18,19,20,21);6-9H,1-5H3,(H2,18,19,20,21);2*6-10H,1-5H3,(H2,17,18,19,20);5-8H,1-4H3,(H2,18,19,20,21);5-9H,1-4H3,(H2,17,18,19,20);5-10H,1-4H3,(H2,16,17,18,19). The number of halogens is 5. The van der Waals surface area contributed by atoms with Gasteiger partial charge in [-0.1, -0.05) is 88.9 Å². The van der Waals surface area contributed by atoms with Gasteiger partial charge in [0.1, 0.15) is 46.5 Å². The molecule has 0 atom stereocenters. The van der Waals surface area contributed by atoms with Crippen molar-refractivity contribution in [2.24, 2.45) is 0 Å². The molecule has 7 heterocycles. The van der Waals surface area contributed by atoms with Gasteiger partial charge in [-0.15, -0.1) is 0 Å². The summed E-state index contributed by atoms with van der Waals surface area (Å²) in [5.74, 6) is 8.83. The first-order chi connectivity index (χ1) is 66.7. The van der Waals surface area contributed by atoms with Gasteiger partial charge < -0.3 is 79.2 Å². The minimum atomic E-state index is -0.471. The van der Waals surface area contributed by atoms with Crippen LogP contribution in [-0.4, -0.2) is 116 Å². The van der Waals surface area contributed by atoms with Crippen LogP contribution in [0.3, 0.4) is 0 Å². The number of benzene rings is 7. The summed E-state index contributed by atoms with van der Waals surface area (Å²) in [5, 5.41) is 47.1. The Morgan fingerprint density at radius 1 is 0.231 bits per heavy atom. The van der Waals surface area contributed by atoms with E-state index in [-0.39, 0.29) is 49.5 Å². The maximum absolute atomic E-state index is 13.5. The molecule has 143 heavy (non-hydrogen) atoms. The average Bonchev–Trinajstić information content (AvgIpc) is 0.922. The highest BCUT2D eigenvalue weighted by atomic mass is 35.5. The number of hydrogen-bond donors (Lipinski definition) is 14. The van der Waals surface area contributed by atoms with Crippen LogP contribution in [0.5, 0.6) is 5.75 Å². The first kappa shape index (κ1) is 114. The van der Waals surface area contributed by atoms with Gasteiger partial charge in [0.15, 0.2) is 11.6 Å². The Labute approximate surface area is 859 Å². The smallest absolute Gasteiger partial charge is 0.225 e. The van der Waals surface area contributed by atoms with Crippen molar-refractivity contribution in [3.8, 4) is 5.75 Å². The Hall–Kier alpha value is -14.2. The number of anilines is 21. The molecule has 0 saturated carbocycles. The van der Waals surface area contributed by atoms with Crippen LogP contribution in [0.25, 0.3) is 0 Å². The lowest BCUT2D eigenvalue weighted by atomic mass is 10.1. The van der Waals surface area contributed by atoms with Crippen molar-refractivity contribution in [3.63, 3.8) is 0 Å². The van der Waals surface area contributed by atoms with Crippen molar-refractivity contribution in [1.82, 2.24) is 69.8 Å². The molecule has 0 bridgehead atoms. The third-order valence-electron chi connectivity index (χ3n) is 18.9. The van der Waals surface area contributed by atoms with E-state index in [0.717, 1.165) is 107 Å². The predicted molar refractivity (Wildman–Crippen MR) is 595 cm³/mol. The first-order valence-electron chi connectivity index (χ1n) is 46.9. The minimum Gasteiger partial charge on any atom is -0.494 e. The van der Waals surface area contributed by atoms with E-state index in [9.17, 15) is 8.78 Å². The molecular weight excluding hydrogens is 1860 g/mol. The Balaban J connectivity index is 0.000000204. The van der Waals surface area contributed by atoms with E-state index in [1.54, 1.807) is 36.8 Å². The molecule has 14 aromatic rings. The van der Waals surface area contributed by atoms with Crippen LogP contribution in [-0.2, 0) is 0 Å². The molecule has 0 aliphatic heterocycles. The zero-order valence-electron chi connectivity index (χ0n) is 88.6. The van der Waals surface area contributed by atoms with Crippen LogP contribution >= 0.6 is 34.8 Å². The summed E-state index contributed by atoms with van der Waals surface area (Å²) in [7, 11) is 1.43. The van der Waals surface area contributed by atoms with Crippen LogP contribution < -0.4 is 79.2 Å². The molecule has 0 amide bonds. The van der Waals surface area contributed by atoms with Crippen LogP contribution in [0.15, 0.2) is 201 Å². The molecule has 14 rings (SSSR count). The average molecular weight is 2010 g/mol. The van der Waals surface area contributed by atoms with Gasteiger partial charge in [0.25, 0.3) is 0 Å². The number of hydrogen-bond acceptors (Lipinski definition) is 29. The number of nitrogens with zero attached hydrogens (tertiary/aromatic N) is 14. The fourth-order valence-electron chi connectivity index (χ4n) is 12.2. The second-order valence-corrected chi connectivity index (χ2v) is 42.9. The lowest BCUT2D eigenvalue weighted by Gasteiger charge is -2.21. The van der Waals surface area contributed by atoms with Gasteiger partial charge in [0.05, 0.1) is 12.1 Å². The van der Waals surface area contributed by atoms with Gasteiger partial charge in [-0.25, -0.2) is 43.7 Å². The zero-order valence-corrected chi connectivity index (χ0v) is 90.9. The van der Waals surface area contributed by atoms with Gasteiger partial charge in [-0.2, -0.15) is 34.9 Å². The van der Waals surface area contributed by atoms with Crippen LogP contribution in [0.4, 0.5) is 131 Å². The maximum Gasteiger partial charge on any atom is 0.225 e. The Kier molecular flexibility index (Phi) is 40.7. The quantitative estimate of drug-likeness (QED) is 0.0300. The van der Waals surface area contributed by atoms with Gasteiger partial charge in [0.2, 0.25) is 41.6 Å². The number of para-hydroxylation sites is 1. The normalized spacial score (nSPS) is 11.3. The number of aryl methyl sites for hydroxylation is 10. The lowest BCUT2D eigenvalue weighted by Crippen LogP contribution is -2.27. The molecule has 14 N–H and O–H groups in total. The largest absolute Gasteiger partial charge is 0.494 e. The van der Waals surface area contributed by atoms with Crippen molar-refractivity contribution in [2.75, 3.05) is 81.5 Å². The lowest BCUT2D eigenvalue weighted by molar-refractivity contribution is 0.387. The summed E-state index contributed by atoms with van der Waals surface area (Å²) in [6.45, 7) is 63.2. The molecule has 0 saturated heterocycles. The van der Waals surface area contributed by atoms with Crippen molar-refractivity contribution in [3.05, 3.63) is 283 Å². The van der Waals surface area contributed by atoms with E-state index >= 15 is 0 Å². The second kappa shape index (κ2) is 51.0. The molecule has 29 nitrogen and oxygen atoms in total. The fraction of sp³-hybridized carbons (Fsp3) is 0.358. The van der Waals surface area contributed by atoms with Crippen molar-refractivity contribution < 1.29 is 13.5 Å². The number of nitrogens with one attached hydrogen (secondary N) is 14. The van der Waals surface area contributed by atoms with Crippen LogP contribution in [0.2, 0.25) is 15.1 Å². The topological polar surface area (TPSA) is 358 Å². The Morgan fingerprint density at radius 2 is 0.483 bits per heavy atom. The fourth-order valence-corrected chi connectivity index (χ4v) is 12.6. The molecule has 7 aromatic carbocycles. The third kappa shape index (κ3) is 42.3. The van der Waals surface area contributed by atoms with Gasteiger partial charge >= 0.3 is 0 Å². The highest BCUT2D eigenvalue weighted by Crippen LogP contribution is 2.33. The molecule has 0 fully saturated rings. The number of rotatable bonds is 22. The summed E-state index contributed by atoms with van der Waals surface area (Å²) in [6, 6.07) is 49.0. The molecule has 0 unspecified atom stereocenters. The van der Waals surface area contributed by atoms with E-state index in [1.165, 1.54) is 36.4 Å². The van der Waals surface area contributed by atoms with E-state index in [1.807, 2.05) is 219 Å². The highest BCUT2D eigenvalue weighted by molar-refractivity contribution is 6.31. The molecule has 0 spiro atoms. The maximum atomic E-state index is 13.5. The second-order valence-electron chi connectivity index (χ2n) is 41.6. The Morgan fingerprint density at radius 3 is 0.769 bits per heavy atom. The first-order valence-corrected chi connectivity index (χ1v) is 48.1. The summed E-state index contributed by atoms with van der Waals surface area (Å²) in [6.07, 6.45) is 12.6. The van der Waals surface area contributed by atoms with Crippen molar-refractivity contribution in [2.45, 2.75) is 253 Å². The van der Waals surface area contributed by atoms with Crippen molar-refractivity contribution in [1.29, 1.82) is 0 Å². The Bertz CT molecular complexity index is 6260. The minimum absolute atomic E-state index is 0.0563. The summed E-state index contributed by atoms with van der Waals surface area (Å²) in [4.78, 5) is 61.6. The monoisotopic (exact) mass is 2000 g/mol. The van der Waals surface area contributed by atoms with E-state index in [2.05, 4.69) is 286 Å². The summed E-state index contributed by atoms with van der Waals surface area (Å²) < 4.78 is 31.9. The van der Waals surface area contributed by atoms with E-state index in [4.69, 9.17) is 39.5 Å². The molecule has 0 aliphatic carbocycles. The van der Waals surface area contributed by atoms with Gasteiger partial charge in [-0.05, 0) is 329 Å². The molecule has 760 valence electrons. The molecule has 0 aliphatic rings. The molecule has 7 aromatic heterocycles.